The minimum Gasteiger partial charge on any atom is -0.478 e. The summed E-state index contributed by atoms with van der Waals surface area (Å²) < 4.78 is 5.47. The number of hydrogen-bond acceptors (Lipinski definition) is 3. The monoisotopic (exact) mass is 317 g/mol. The van der Waals surface area contributed by atoms with Crippen LogP contribution in [0.1, 0.15) is 52.5 Å². The summed E-state index contributed by atoms with van der Waals surface area (Å²) in [5.74, 6) is -1.06. The van der Waals surface area contributed by atoms with Crippen molar-refractivity contribution in [3.63, 3.8) is 0 Å². The lowest BCUT2D eigenvalue weighted by Gasteiger charge is -2.38. The normalized spacial score (nSPS) is 23.2. The van der Waals surface area contributed by atoms with Gasteiger partial charge in [-0.15, -0.1) is 0 Å². The number of carboxylic acids is 1. The first-order chi connectivity index (χ1) is 10.9. The van der Waals surface area contributed by atoms with Crippen molar-refractivity contribution in [1.82, 2.24) is 4.90 Å². The smallest absolute Gasteiger partial charge is 0.335 e. The lowest BCUT2D eigenvalue weighted by Crippen LogP contribution is -2.43. The summed E-state index contributed by atoms with van der Waals surface area (Å²) in [6.07, 6.45) is 2.99. The lowest BCUT2D eigenvalue weighted by atomic mass is 9.74. The highest BCUT2D eigenvalue weighted by Gasteiger charge is 2.47. The fourth-order valence-electron chi connectivity index (χ4n) is 4.00. The van der Waals surface area contributed by atoms with Crippen LogP contribution in [0.3, 0.4) is 0 Å². The van der Waals surface area contributed by atoms with Gasteiger partial charge in [-0.2, -0.15) is 0 Å². The maximum Gasteiger partial charge on any atom is 0.335 e. The third-order valence-electron chi connectivity index (χ3n) is 5.53. The molecule has 0 bridgehead atoms. The SMILES string of the molecule is Cc1cc(C(=O)O)cc(C(=O)N2CCC3(CCOCC3)C2C)c1. The van der Waals surface area contributed by atoms with E-state index in [-0.39, 0.29) is 22.9 Å². The van der Waals surface area contributed by atoms with Gasteiger partial charge in [-0.05, 0) is 62.3 Å². The molecule has 2 aliphatic rings. The number of amides is 1. The van der Waals surface area contributed by atoms with Crippen LogP contribution in [0.4, 0.5) is 0 Å². The molecule has 1 aromatic carbocycles. The van der Waals surface area contributed by atoms with Gasteiger partial charge >= 0.3 is 5.97 Å². The van der Waals surface area contributed by atoms with E-state index in [1.807, 2.05) is 11.8 Å². The molecule has 1 atom stereocenters. The summed E-state index contributed by atoms with van der Waals surface area (Å²) >= 11 is 0. The number of carbonyl (C=O) groups is 2. The number of aryl methyl sites for hydroxylation is 1. The van der Waals surface area contributed by atoms with E-state index in [1.165, 1.54) is 6.07 Å². The highest BCUT2D eigenvalue weighted by Crippen LogP contribution is 2.45. The van der Waals surface area contributed by atoms with Crippen molar-refractivity contribution in [2.75, 3.05) is 19.8 Å². The third-order valence-corrected chi connectivity index (χ3v) is 5.53. The van der Waals surface area contributed by atoms with Crippen LogP contribution in [-0.2, 0) is 4.74 Å². The molecular weight excluding hydrogens is 294 g/mol. The molecule has 5 heteroatoms. The number of nitrogens with zero attached hydrogens (tertiary/aromatic N) is 1. The van der Waals surface area contributed by atoms with E-state index in [0.717, 1.165) is 44.6 Å². The molecule has 1 aromatic rings. The van der Waals surface area contributed by atoms with Crippen LogP contribution in [0.25, 0.3) is 0 Å². The first-order valence-corrected chi connectivity index (χ1v) is 8.17. The van der Waals surface area contributed by atoms with Gasteiger partial charge in [-0.3, -0.25) is 4.79 Å². The van der Waals surface area contributed by atoms with Crippen molar-refractivity contribution in [2.45, 2.75) is 39.2 Å². The molecule has 124 valence electrons. The topological polar surface area (TPSA) is 66.8 Å². The van der Waals surface area contributed by atoms with E-state index in [9.17, 15) is 14.7 Å². The van der Waals surface area contributed by atoms with Crippen molar-refractivity contribution in [3.8, 4) is 0 Å². The maximum atomic E-state index is 12.9. The molecule has 5 nitrogen and oxygen atoms in total. The van der Waals surface area contributed by atoms with Gasteiger partial charge in [-0.1, -0.05) is 0 Å². The fraction of sp³-hybridized carbons (Fsp3) is 0.556. The van der Waals surface area contributed by atoms with Gasteiger partial charge in [0.05, 0.1) is 5.56 Å². The fourth-order valence-corrected chi connectivity index (χ4v) is 4.00. The van der Waals surface area contributed by atoms with Crippen LogP contribution >= 0.6 is 0 Å². The second-order valence-electron chi connectivity index (χ2n) is 6.79. The Kier molecular flexibility index (Phi) is 4.15. The Bertz CT molecular complexity index is 634. The van der Waals surface area contributed by atoms with E-state index in [4.69, 9.17) is 4.74 Å². The summed E-state index contributed by atoms with van der Waals surface area (Å²) in [6.45, 7) is 6.19. The van der Waals surface area contributed by atoms with Gasteiger partial charge in [0.25, 0.3) is 5.91 Å². The molecule has 1 unspecified atom stereocenters. The van der Waals surface area contributed by atoms with Gasteiger partial charge in [0.1, 0.15) is 0 Å². The second-order valence-corrected chi connectivity index (χ2v) is 6.79. The Morgan fingerprint density at radius 2 is 1.83 bits per heavy atom. The Hall–Kier alpha value is -1.88. The van der Waals surface area contributed by atoms with E-state index in [2.05, 4.69) is 6.92 Å². The summed E-state index contributed by atoms with van der Waals surface area (Å²) in [7, 11) is 0. The van der Waals surface area contributed by atoms with Crippen molar-refractivity contribution in [3.05, 3.63) is 34.9 Å². The molecule has 2 fully saturated rings. The van der Waals surface area contributed by atoms with Gasteiger partial charge in [-0.25, -0.2) is 4.79 Å². The molecule has 2 aliphatic heterocycles. The first kappa shape index (κ1) is 16.0. The molecule has 0 saturated carbocycles. The zero-order valence-electron chi connectivity index (χ0n) is 13.7. The van der Waals surface area contributed by atoms with E-state index >= 15 is 0 Å². The van der Waals surface area contributed by atoms with E-state index in [0.29, 0.717) is 5.56 Å². The highest BCUT2D eigenvalue weighted by atomic mass is 16.5. The molecule has 0 aliphatic carbocycles. The number of ether oxygens (including phenoxy) is 1. The molecule has 2 heterocycles. The number of rotatable bonds is 2. The van der Waals surface area contributed by atoms with Crippen LogP contribution in [0.2, 0.25) is 0 Å². The summed E-state index contributed by atoms with van der Waals surface area (Å²) in [5, 5.41) is 9.19. The molecule has 2 saturated heterocycles. The van der Waals surface area contributed by atoms with Gasteiger partial charge < -0.3 is 14.7 Å². The predicted octanol–water partition coefficient (Wildman–Crippen LogP) is 2.72. The molecule has 23 heavy (non-hydrogen) atoms. The number of carboxylic acid groups (broad SMARTS) is 1. The van der Waals surface area contributed by atoms with Crippen LogP contribution in [0, 0.1) is 12.3 Å². The van der Waals surface area contributed by atoms with Crippen molar-refractivity contribution in [1.29, 1.82) is 0 Å². The maximum absolute atomic E-state index is 12.9. The minimum absolute atomic E-state index is 0.0629. The van der Waals surface area contributed by atoms with Gasteiger partial charge in [0, 0.05) is 31.4 Å². The number of hydrogen-bond donors (Lipinski definition) is 1. The van der Waals surface area contributed by atoms with Crippen LogP contribution < -0.4 is 0 Å². The van der Waals surface area contributed by atoms with E-state index in [1.54, 1.807) is 12.1 Å². The molecule has 1 N–H and O–H groups in total. The van der Waals surface area contributed by atoms with E-state index < -0.39 is 5.97 Å². The van der Waals surface area contributed by atoms with Crippen molar-refractivity contribution >= 4 is 11.9 Å². The quantitative estimate of drug-likeness (QED) is 0.911. The summed E-state index contributed by atoms with van der Waals surface area (Å²) in [6, 6.07) is 5.01. The molecule has 1 spiro atoms. The third kappa shape index (κ3) is 2.85. The molecule has 1 amide bonds. The largest absolute Gasteiger partial charge is 0.478 e. The number of benzene rings is 1. The number of aromatic carboxylic acids is 1. The standard InChI is InChI=1S/C18H23NO4/c1-12-9-14(11-15(10-12)17(21)22)16(20)19-6-3-18(13(19)2)4-7-23-8-5-18/h9-11,13H,3-8H2,1-2H3,(H,21,22). The number of likely N-dealkylation sites (tertiary alicyclic amines) is 1. The van der Waals surface area contributed by atoms with Crippen molar-refractivity contribution in [2.24, 2.45) is 5.41 Å². The Labute approximate surface area is 136 Å². The Morgan fingerprint density at radius 3 is 2.48 bits per heavy atom. The van der Waals surface area contributed by atoms with Crippen molar-refractivity contribution < 1.29 is 19.4 Å². The van der Waals surface area contributed by atoms with Crippen LogP contribution in [0.15, 0.2) is 18.2 Å². The number of carbonyl (C=O) groups excluding carboxylic acids is 1. The van der Waals surface area contributed by atoms with Crippen LogP contribution in [0.5, 0.6) is 0 Å². The Morgan fingerprint density at radius 1 is 1.17 bits per heavy atom. The highest BCUT2D eigenvalue weighted by molar-refractivity contribution is 5.98. The Balaban J connectivity index is 1.85. The van der Waals surface area contributed by atoms with Gasteiger partial charge in [0.15, 0.2) is 0 Å². The van der Waals surface area contributed by atoms with Crippen LogP contribution in [-0.4, -0.2) is 47.7 Å². The molecule has 0 radical (unpaired) electrons. The minimum atomic E-state index is -1.00. The predicted molar refractivity (Wildman–Crippen MR) is 85.7 cm³/mol. The summed E-state index contributed by atoms with van der Waals surface area (Å²) in [5.41, 5.74) is 1.59. The first-order valence-electron chi connectivity index (χ1n) is 8.17. The second kappa shape index (κ2) is 5.96. The average Bonchev–Trinajstić information content (AvgIpc) is 2.83. The molecule has 0 aromatic heterocycles. The molecule has 3 rings (SSSR count). The van der Waals surface area contributed by atoms with Gasteiger partial charge in [0.2, 0.25) is 0 Å². The summed E-state index contributed by atoms with van der Waals surface area (Å²) in [4.78, 5) is 26.0. The lowest BCUT2D eigenvalue weighted by molar-refractivity contribution is 0.000171. The average molecular weight is 317 g/mol. The zero-order chi connectivity index (χ0) is 16.6. The zero-order valence-corrected chi connectivity index (χ0v) is 13.7. The molecular formula is C18H23NO4.